The average molecular weight is 159 g/mol. The monoisotopic (exact) mass is 159 g/mol. The van der Waals surface area contributed by atoms with Gasteiger partial charge >= 0.3 is 0 Å². The van der Waals surface area contributed by atoms with Gasteiger partial charge in [0.2, 0.25) is 0 Å². The molecule has 2 N–H and O–H groups in total. The maximum absolute atomic E-state index is 8.71. The first kappa shape index (κ1) is 8.97. The maximum atomic E-state index is 8.71. The molecule has 1 heterocycles. The van der Waals surface area contributed by atoms with Crippen molar-refractivity contribution in [1.29, 1.82) is 0 Å². The van der Waals surface area contributed by atoms with Crippen LogP contribution in [0, 0.1) is 0 Å². The minimum absolute atomic E-state index is 0.194. The molecule has 0 saturated carbocycles. The summed E-state index contributed by atoms with van der Waals surface area (Å²) in [6, 6.07) is 0.194. The molecule has 1 unspecified atom stereocenters. The van der Waals surface area contributed by atoms with Gasteiger partial charge in [0.1, 0.15) is 0 Å². The number of aliphatic hydroxyl groups excluding tert-OH is 1. The van der Waals surface area contributed by atoms with Gasteiger partial charge in [-0.1, -0.05) is 0 Å². The lowest BCUT2D eigenvalue weighted by molar-refractivity contribution is 0.105. The van der Waals surface area contributed by atoms with Crippen molar-refractivity contribution in [2.24, 2.45) is 0 Å². The highest BCUT2D eigenvalue weighted by molar-refractivity contribution is 4.69. The summed E-state index contributed by atoms with van der Waals surface area (Å²) in [6.45, 7) is 3.95. The van der Waals surface area contributed by atoms with Crippen molar-refractivity contribution in [1.82, 2.24) is 5.32 Å². The molecule has 0 amide bonds. The summed E-state index contributed by atoms with van der Waals surface area (Å²) in [5.41, 5.74) is 0. The van der Waals surface area contributed by atoms with Gasteiger partial charge < -0.3 is 15.2 Å². The van der Waals surface area contributed by atoms with Gasteiger partial charge in [-0.15, -0.1) is 0 Å². The molecule has 3 heteroatoms. The van der Waals surface area contributed by atoms with E-state index in [0.29, 0.717) is 6.10 Å². The van der Waals surface area contributed by atoms with Gasteiger partial charge in [-0.3, -0.25) is 0 Å². The second kappa shape index (κ2) is 4.70. The first-order chi connectivity index (χ1) is 5.33. The minimum atomic E-state index is 0.194. The van der Waals surface area contributed by atoms with Crippen LogP contribution in [0.1, 0.15) is 19.8 Å². The third kappa shape index (κ3) is 3.18. The lowest BCUT2D eigenvalue weighted by Gasteiger charge is -2.14. The highest BCUT2D eigenvalue weighted by Crippen LogP contribution is 2.10. The summed E-state index contributed by atoms with van der Waals surface area (Å²) >= 11 is 0. The van der Waals surface area contributed by atoms with Gasteiger partial charge in [-0.05, 0) is 19.8 Å². The van der Waals surface area contributed by atoms with E-state index in [1.54, 1.807) is 0 Å². The predicted molar refractivity (Wildman–Crippen MR) is 43.5 cm³/mol. The zero-order valence-electron chi connectivity index (χ0n) is 7.05. The van der Waals surface area contributed by atoms with E-state index >= 15 is 0 Å². The molecular formula is C8H17NO2. The summed E-state index contributed by atoms with van der Waals surface area (Å²) in [5.74, 6) is 0. The first-order valence-electron chi connectivity index (χ1n) is 4.28. The molecular weight excluding hydrogens is 142 g/mol. The van der Waals surface area contributed by atoms with E-state index in [-0.39, 0.29) is 12.6 Å². The quantitative estimate of drug-likeness (QED) is 0.613. The summed E-state index contributed by atoms with van der Waals surface area (Å²) in [6.07, 6.45) is 2.72. The van der Waals surface area contributed by atoms with Crippen molar-refractivity contribution in [3.05, 3.63) is 0 Å². The molecule has 0 spiro atoms. The van der Waals surface area contributed by atoms with E-state index in [1.807, 2.05) is 6.92 Å². The third-order valence-electron chi connectivity index (χ3n) is 1.99. The smallest absolute Gasteiger partial charge is 0.0700 e. The van der Waals surface area contributed by atoms with E-state index in [1.165, 1.54) is 6.42 Å². The predicted octanol–water partition coefficient (Wildman–Crippen LogP) is 0.136. The highest BCUT2D eigenvalue weighted by Gasteiger charge is 2.15. The van der Waals surface area contributed by atoms with Crippen LogP contribution in [0.3, 0.4) is 0 Å². The van der Waals surface area contributed by atoms with Crippen LogP contribution in [0.5, 0.6) is 0 Å². The first-order valence-corrected chi connectivity index (χ1v) is 4.28. The maximum Gasteiger partial charge on any atom is 0.0700 e. The summed E-state index contributed by atoms with van der Waals surface area (Å²) in [5, 5.41) is 11.9. The Kier molecular flexibility index (Phi) is 3.83. The number of nitrogens with one attached hydrogen (secondary N) is 1. The van der Waals surface area contributed by atoms with E-state index in [2.05, 4.69) is 5.32 Å². The Bertz CT molecular complexity index is 102. The Balaban J connectivity index is 2.01. The van der Waals surface area contributed by atoms with Crippen molar-refractivity contribution in [2.45, 2.75) is 31.9 Å². The lowest BCUT2D eigenvalue weighted by atomic mass is 10.2. The molecule has 3 nitrogen and oxygen atoms in total. The summed E-state index contributed by atoms with van der Waals surface area (Å²) in [7, 11) is 0. The van der Waals surface area contributed by atoms with E-state index < -0.39 is 0 Å². The fourth-order valence-corrected chi connectivity index (χ4v) is 1.20. The molecule has 0 radical (unpaired) electrons. The van der Waals surface area contributed by atoms with E-state index in [9.17, 15) is 0 Å². The number of ether oxygens (including phenoxy) is 1. The van der Waals surface area contributed by atoms with Gasteiger partial charge in [0.05, 0.1) is 12.7 Å². The molecule has 0 bridgehead atoms. The summed E-state index contributed by atoms with van der Waals surface area (Å²) in [4.78, 5) is 0. The zero-order valence-corrected chi connectivity index (χ0v) is 7.05. The molecule has 1 rings (SSSR count). The lowest BCUT2D eigenvalue weighted by Crippen LogP contribution is -2.35. The Morgan fingerprint density at radius 3 is 3.09 bits per heavy atom. The Hall–Kier alpha value is -0.120. The van der Waals surface area contributed by atoms with Crippen LogP contribution in [-0.4, -0.2) is 37.0 Å². The largest absolute Gasteiger partial charge is 0.395 e. The Labute approximate surface area is 67.7 Å². The van der Waals surface area contributed by atoms with Crippen LogP contribution in [0.4, 0.5) is 0 Å². The fourth-order valence-electron chi connectivity index (χ4n) is 1.20. The molecule has 0 aromatic heterocycles. The SMILES string of the molecule is CC(CO)NC[C@@H]1CCCO1. The molecule has 0 aromatic carbocycles. The molecule has 1 fully saturated rings. The molecule has 0 aliphatic carbocycles. The van der Waals surface area contributed by atoms with Crippen LogP contribution in [0.15, 0.2) is 0 Å². The zero-order chi connectivity index (χ0) is 8.10. The summed E-state index contributed by atoms with van der Waals surface area (Å²) < 4.78 is 5.40. The number of aliphatic hydroxyl groups is 1. The standard InChI is InChI=1S/C8H17NO2/c1-7(6-10)9-5-8-3-2-4-11-8/h7-10H,2-6H2,1H3/t7?,8-/m0/s1. The van der Waals surface area contributed by atoms with Gasteiger partial charge in [0.25, 0.3) is 0 Å². The van der Waals surface area contributed by atoms with Crippen LogP contribution in [-0.2, 0) is 4.74 Å². The second-order valence-electron chi connectivity index (χ2n) is 3.13. The van der Waals surface area contributed by atoms with Gasteiger partial charge in [-0.2, -0.15) is 0 Å². The van der Waals surface area contributed by atoms with Crippen molar-refractivity contribution in [3.63, 3.8) is 0 Å². The molecule has 2 atom stereocenters. The van der Waals surface area contributed by atoms with Crippen LogP contribution < -0.4 is 5.32 Å². The van der Waals surface area contributed by atoms with E-state index in [0.717, 1.165) is 19.6 Å². The molecule has 11 heavy (non-hydrogen) atoms. The van der Waals surface area contributed by atoms with Gasteiger partial charge in [0, 0.05) is 19.2 Å². The minimum Gasteiger partial charge on any atom is -0.395 e. The normalized spacial score (nSPS) is 27.3. The molecule has 0 aromatic rings. The number of hydrogen-bond donors (Lipinski definition) is 2. The van der Waals surface area contributed by atoms with Gasteiger partial charge in [-0.25, -0.2) is 0 Å². The van der Waals surface area contributed by atoms with Crippen molar-refractivity contribution >= 4 is 0 Å². The average Bonchev–Trinajstić information content (AvgIpc) is 2.52. The topological polar surface area (TPSA) is 41.5 Å². The Morgan fingerprint density at radius 1 is 1.73 bits per heavy atom. The van der Waals surface area contributed by atoms with Gasteiger partial charge in [0.15, 0.2) is 0 Å². The van der Waals surface area contributed by atoms with Crippen molar-refractivity contribution in [2.75, 3.05) is 19.8 Å². The van der Waals surface area contributed by atoms with Crippen molar-refractivity contribution in [3.8, 4) is 0 Å². The third-order valence-corrected chi connectivity index (χ3v) is 1.99. The van der Waals surface area contributed by atoms with Crippen LogP contribution in [0.2, 0.25) is 0 Å². The molecule has 1 aliphatic heterocycles. The molecule has 1 saturated heterocycles. The van der Waals surface area contributed by atoms with Crippen LogP contribution in [0.25, 0.3) is 0 Å². The second-order valence-corrected chi connectivity index (χ2v) is 3.13. The Morgan fingerprint density at radius 2 is 2.55 bits per heavy atom. The highest BCUT2D eigenvalue weighted by atomic mass is 16.5. The van der Waals surface area contributed by atoms with E-state index in [4.69, 9.17) is 9.84 Å². The van der Waals surface area contributed by atoms with Crippen LogP contribution >= 0.6 is 0 Å². The fraction of sp³-hybridized carbons (Fsp3) is 1.00. The molecule has 66 valence electrons. The number of rotatable bonds is 4. The number of hydrogen-bond acceptors (Lipinski definition) is 3. The van der Waals surface area contributed by atoms with Crippen molar-refractivity contribution < 1.29 is 9.84 Å². The molecule has 1 aliphatic rings.